The largest absolute Gasteiger partial charge is 0.468 e. The predicted octanol–water partition coefficient (Wildman–Crippen LogP) is 3.39. The molecule has 0 aromatic heterocycles. The fourth-order valence-electron chi connectivity index (χ4n) is 2.97. The molecule has 0 radical (unpaired) electrons. The lowest BCUT2D eigenvalue weighted by atomic mass is 10.0. The first-order valence-corrected chi connectivity index (χ1v) is 7.87. The van der Waals surface area contributed by atoms with Gasteiger partial charge in [0, 0.05) is 0 Å². The number of hydrogen-bond donors (Lipinski definition) is 0. The van der Waals surface area contributed by atoms with Crippen molar-refractivity contribution in [1.82, 2.24) is 4.90 Å². The summed E-state index contributed by atoms with van der Waals surface area (Å²) >= 11 is 0. The molecule has 0 saturated carbocycles. The molecule has 1 aromatic rings. The van der Waals surface area contributed by atoms with Gasteiger partial charge in [-0.2, -0.15) is 0 Å². The number of amides is 1. The number of carbonyl (C=O) groups is 2. The highest BCUT2D eigenvalue weighted by atomic mass is 16.6. The summed E-state index contributed by atoms with van der Waals surface area (Å²) < 4.78 is 10.2. The number of aryl methyl sites for hydroxylation is 1. The molecular formula is C18H25NO4. The monoisotopic (exact) mass is 319 g/mol. The van der Waals surface area contributed by atoms with Crippen molar-refractivity contribution in [3.8, 4) is 0 Å². The molecule has 1 aromatic carbocycles. The van der Waals surface area contributed by atoms with Gasteiger partial charge in [-0.05, 0) is 57.2 Å². The van der Waals surface area contributed by atoms with Gasteiger partial charge in [0.05, 0.1) is 13.2 Å². The standard InChI is InChI=1S/C18H25NO4/c1-12-7-6-8-14-13(12)9-10-15(14)19(11-16(20)22-5)17(21)23-18(2,3)4/h6-8,15H,9-11H2,1-5H3. The number of benzene rings is 1. The minimum absolute atomic E-state index is 0.108. The molecule has 5 nitrogen and oxygen atoms in total. The van der Waals surface area contributed by atoms with Gasteiger partial charge in [-0.25, -0.2) is 4.79 Å². The third-order valence-corrected chi connectivity index (χ3v) is 4.00. The molecule has 23 heavy (non-hydrogen) atoms. The summed E-state index contributed by atoms with van der Waals surface area (Å²) in [5.41, 5.74) is 2.96. The average molecular weight is 319 g/mol. The zero-order valence-corrected chi connectivity index (χ0v) is 14.5. The van der Waals surface area contributed by atoms with Crippen LogP contribution in [0.1, 0.15) is 49.9 Å². The van der Waals surface area contributed by atoms with Crippen LogP contribution in [-0.2, 0) is 20.7 Å². The second-order valence-corrected chi connectivity index (χ2v) is 6.88. The lowest BCUT2D eigenvalue weighted by molar-refractivity contribution is -0.142. The molecule has 0 bridgehead atoms. The van der Waals surface area contributed by atoms with E-state index in [2.05, 4.69) is 13.0 Å². The second-order valence-electron chi connectivity index (χ2n) is 6.88. The van der Waals surface area contributed by atoms with Crippen LogP contribution in [0.25, 0.3) is 0 Å². The molecule has 5 heteroatoms. The van der Waals surface area contributed by atoms with Gasteiger partial charge in [0.1, 0.15) is 12.1 Å². The topological polar surface area (TPSA) is 55.8 Å². The third kappa shape index (κ3) is 4.03. The van der Waals surface area contributed by atoms with Crippen LogP contribution in [0.15, 0.2) is 18.2 Å². The van der Waals surface area contributed by atoms with Crippen LogP contribution in [0.2, 0.25) is 0 Å². The lowest BCUT2D eigenvalue weighted by Gasteiger charge is -2.31. The number of nitrogens with zero attached hydrogens (tertiary/aromatic N) is 1. The Kier molecular flexibility index (Phi) is 4.97. The minimum Gasteiger partial charge on any atom is -0.468 e. The van der Waals surface area contributed by atoms with Crippen molar-refractivity contribution in [3.05, 3.63) is 34.9 Å². The molecule has 0 heterocycles. The molecule has 0 aliphatic heterocycles. The van der Waals surface area contributed by atoms with Crippen LogP contribution in [0.5, 0.6) is 0 Å². The van der Waals surface area contributed by atoms with E-state index >= 15 is 0 Å². The summed E-state index contributed by atoms with van der Waals surface area (Å²) in [4.78, 5) is 25.8. The summed E-state index contributed by atoms with van der Waals surface area (Å²) in [6.07, 6.45) is 1.20. The number of methoxy groups -OCH3 is 1. The van der Waals surface area contributed by atoms with Gasteiger partial charge in [0.2, 0.25) is 0 Å². The molecule has 126 valence electrons. The third-order valence-electron chi connectivity index (χ3n) is 4.00. The Labute approximate surface area is 137 Å². The fraction of sp³-hybridized carbons (Fsp3) is 0.556. The Morgan fingerprint density at radius 2 is 2.00 bits per heavy atom. The molecular weight excluding hydrogens is 294 g/mol. The minimum atomic E-state index is -0.612. The summed E-state index contributed by atoms with van der Waals surface area (Å²) in [6, 6.07) is 5.92. The molecule has 0 N–H and O–H groups in total. The zero-order chi connectivity index (χ0) is 17.2. The van der Waals surface area contributed by atoms with Crippen molar-refractivity contribution in [2.75, 3.05) is 13.7 Å². The van der Waals surface area contributed by atoms with E-state index in [4.69, 9.17) is 9.47 Å². The van der Waals surface area contributed by atoms with Gasteiger partial charge in [0.25, 0.3) is 0 Å². The van der Waals surface area contributed by atoms with Gasteiger partial charge in [0.15, 0.2) is 0 Å². The maximum Gasteiger partial charge on any atom is 0.411 e. The van der Waals surface area contributed by atoms with Gasteiger partial charge in [-0.3, -0.25) is 9.69 Å². The zero-order valence-electron chi connectivity index (χ0n) is 14.5. The van der Waals surface area contributed by atoms with Crippen molar-refractivity contribution < 1.29 is 19.1 Å². The SMILES string of the molecule is COC(=O)CN(C(=O)OC(C)(C)C)C1CCc2c(C)cccc21. The van der Waals surface area contributed by atoms with Crippen molar-refractivity contribution in [3.63, 3.8) is 0 Å². The molecule has 1 unspecified atom stereocenters. The summed E-state index contributed by atoms with van der Waals surface area (Å²) in [5, 5.41) is 0. The number of rotatable bonds is 3. The molecule has 1 aliphatic carbocycles. The van der Waals surface area contributed by atoms with E-state index < -0.39 is 17.7 Å². The van der Waals surface area contributed by atoms with Gasteiger partial charge >= 0.3 is 12.1 Å². The van der Waals surface area contributed by atoms with Crippen LogP contribution >= 0.6 is 0 Å². The number of carbonyl (C=O) groups excluding carboxylic acids is 2. The molecule has 0 fully saturated rings. The van der Waals surface area contributed by atoms with Crippen LogP contribution in [-0.4, -0.2) is 36.2 Å². The predicted molar refractivity (Wildman–Crippen MR) is 87.2 cm³/mol. The maximum atomic E-state index is 12.6. The van der Waals surface area contributed by atoms with Gasteiger partial charge < -0.3 is 9.47 Å². The highest BCUT2D eigenvalue weighted by Gasteiger charge is 2.35. The first kappa shape index (κ1) is 17.3. The smallest absolute Gasteiger partial charge is 0.411 e. The first-order chi connectivity index (χ1) is 10.7. The van der Waals surface area contributed by atoms with Crippen molar-refractivity contribution in [2.45, 2.75) is 52.2 Å². The Bertz CT molecular complexity index is 604. The molecule has 0 spiro atoms. The normalized spacial score (nSPS) is 16.7. The molecule has 1 atom stereocenters. The Balaban J connectivity index is 2.31. The Morgan fingerprint density at radius 1 is 1.30 bits per heavy atom. The highest BCUT2D eigenvalue weighted by molar-refractivity contribution is 5.78. The number of ether oxygens (including phenoxy) is 2. The van der Waals surface area contributed by atoms with E-state index in [9.17, 15) is 9.59 Å². The van der Waals surface area contributed by atoms with E-state index in [0.29, 0.717) is 0 Å². The van der Waals surface area contributed by atoms with E-state index in [1.807, 2.05) is 32.9 Å². The molecule has 1 amide bonds. The lowest BCUT2D eigenvalue weighted by Crippen LogP contribution is -2.41. The van der Waals surface area contributed by atoms with Gasteiger partial charge in [-0.1, -0.05) is 18.2 Å². The quantitative estimate of drug-likeness (QED) is 0.801. The molecule has 2 rings (SSSR count). The van der Waals surface area contributed by atoms with E-state index in [0.717, 1.165) is 18.4 Å². The Hall–Kier alpha value is -2.04. The molecule has 0 saturated heterocycles. The number of esters is 1. The van der Waals surface area contributed by atoms with Gasteiger partial charge in [-0.15, -0.1) is 0 Å². The van der Waals surface area contributed by atoms with E-state index in [1.54, 1.807) is 0 Å². The van der Waals surface area contributed by atoms with Crippen LogP contribution in [0.4, 0.5) is 4.79 Å². The summed E-state index contributed by atoms with van der Waals surface area (Å²) in [7, 11) is 1.32. The van der Waals surface area contributed by atoms with Crippen molar-refractivity contribution >= 4 is 12.1 Å². The van der Waals surface area contributed by atoms with E-state index in [1.165, 1.54) is 23.1 Å². The number of hydrogen-bond acceptors (Lipinski definition) is 4. The van der Waals surface area contributed by atoms with Crippen molar-refractivity contribution in [1.29, 1.82) is 0 Å². The maximum absolute atomic E-state index is 12.6. The first-order valence-electron chi connectivity index (χ1n) is 7.87. The van der Waals surface area contributed by atoms with E-state index in [-0.39, 0.29) is 12.6 Å². The number of fused-ring (bicyclic) bond motifs is 1. The fourth-order valence-corrected chi connectivity index (χ4v) is 2.97. The van der Waals surface area contributed by atoms with Crippen LogP contribution < -0.4 is 0 Å². The average Bonchev–Trinajstić information content (AvgIpc) is 2.87. The van der Waals surface area contributed by atoms with Crippen LogP contribution in [0, 0.1) is 6.92 Å². The highest BCUT2D eigenvalue weighted by Crippen LogP contribution is 2.37. The Morgan fingerprint density at radius 3 is 2.61 bits per heavy atom. The van der Waals surface area contributed by atoms with Crippen molar-refractivity contribution in [2.24, 2.45) is 0 Å². The second kappa shape index (κ2) is 6.60. The summed E-state index contributed by atoms with van der Waals surface area (Å²) in [5.74, 6) is -0.447. The molecule has 1 aliphatic rings. The summed E-state index contributed by atoms with van der Waals surface area (Å²) in [6.45, 7) is 7.40. The van der Waals surface area contributed by atoms with Crippen LogP contribution in [0.3, 0.4) is 0 Å².